The third-order valence-corrected chi connectivity index (χ3v) is 2.66. The minimum Gasteiger partial charge on any atom is -0.509 e. The van der Waals surface area contributed by atoms with Gasteiger partial charge in [0.1, 0.15) is 5.76 Å². The van der Waals surface area contributed by atoms with Gasteiger partial charge in [-0.2, -0.15) is 0 Å². The zero-order valence-electron chi connectivity index (χ0n) is 11.7. The van der Waals surface area contributed by atoms with E-state index in [1.807, 2.05) is 0 Å². The number of benzene rings is 1. The van der Waals surface area contributed by atoms with Crippen LogP contribution in [0.1, 0.15) is 13.8 Å². The molecule has 22 heavy (non-hydrogen) atoms. The highest BCUT2D eigenvalue weighted by atomic mass is 16.6. The molecule has 2 atom stereocenters. The Morgan fingerprint density at radius 2 is 1.77 bits per heavy atom. The highest BCUT2D eigenvalue weighted by molar-refractivity contribution is 5.53. The van der Waals surface area contributed by atoms with Crippen molar-refractivity contribution in [3.63, 3.8) is 0 Å². The molecule has 3 N–H and O–H groups in total. The summed E-state index contributed by atoms with van der Waals surface area (Å²) >= 11 is 0. The predicted molar refractivity (Wildman–Crippen MR) is 73.4 cm³/mol. The summed E-state index contributed by atoms with van der Waals surface area (Å²) in [7, 11) is 0. The molecule has 1 aromatic carbocycles. The maximum atomic E-state index is 10.9. The van der Waals surface area contributed by atoms with Crippen LogP contribution >= 0.6 is 0 Å². The Labute approximate surface area is 124 Å². The van der Waals surface area contributed by atoms with Crippen LogP contribution in [0.25, 0.3) is 0 Å². The molecule has 0 heterocycles. The fourth-order valence-electron chi connectivity index (χ4n) is 1.49. The third kappa shape index (κ3) is 3.90. The van der Waals surface area contributed by atoms with Crippen molar-refractivity contribution in [2.24, 2.45) is 0 Å². The van der Waals surface area contributed by atoms with Crippen molar-refractivity contribution < 1.29 is 29.9 Å². The lowest BCUT2D eigenvalue weighted by Crippen LogP contribution is -2.33. The van der Waals surface area contributed by atoms with Gasteiger partial charge in [-0.05, 0) is 25.5 Å². The highest BCUT2D eigenvalue weighted by Gasteiger charge is 2.27. The van der Waals surface area contributed by atoms with Crippen molar-refractivity contribution in [1.29, 1.82) is 0 Å². The number of ether oxygens (including phenoxy) is 1. The molecule has 0 spiro atoms. The molecule has 0 amide bonds. The van der Waals surface area contributed by atoms with Gasteiger partial charge in [0.2, 0.25) is 12.0 Å². The molecule has 0 aromatic heterocycles. The number of allylic oxidation sites excluding steroid dienone is 1. The van der Waals surface area contributed by atoms with E-state index in [9.17, 15) is 35.5 Å². The molecule has 10 nitrogen and oxygen atoms in total. The Balaban J connectivity index is 3.10. The van der Waals surface area contributed by atoms with Gasteiger partial charge in [0, 0.05) is 6.07 Å². The third-order valence-electron chi connectivity index (χ3n) is 2.66. The SMILES string of the molecule is CC(C)=C(O)C(O)C(O)Oc1ccc([N+](=O)[O-])cc1[N+](=O)[O-]. The van der Waals surface area contributed by atoms with Crippen LogP contribution in [0.5, 0.6) is 5.75 Å². The smallest absolute Gasteiger partial charge is 0.317 e. The van der Waals surface area contributed by atoms with Crippen LogP contribution in [-0.2, 0) is 0 Å². The average Bonchev–Trinajstić information content (AvgIpc) is 2.45. The molecule has 0 saturated heterocycles. The van der Waals surface area contributed by atoms with E-state index < -0.39 is 45.1 Å². The van der Waals surface area contributed by atoms with Crippen LogP contribution in [-0.4, -0.2) is 37.6 Å². The van der Waals surface area contributed by atoms with Crippen molar-refractivity contribution in [1.82, 2.24) is 0 Å². The van der Waals surface area contributed by atoms with Crippen LogP contribution in [0.4, 0.5) is 11.4 Å². The molecule has 0 fully saturated rings. The maximum Gasteiger partial charge on any atom is 0.317 e. The van der Waals surface area contributed by atoms with Crippen molar-refractivity contribution in [2.45, 2.75) is 26.2 Å². The molecule has 120 valence electrons. The lowest BCUT2D eigenvalue weighted by atomic mass is 10.2. The summed E-state index contributed by atoms with van der Waals surface area (Å²) in [5, 5.41) is 50.3. The standard InChI is InChI=1S/C12H14N2O8/c1-6(2)10(15)11(16)12(17)22-9-4-3-7(13(18)19)5-8(9)14(20)21/h3-5,11-12,15-17H,1-2H3. The normalized spacial score (nSPS) is 13.1. The molecule has 0 saturated carbocycles. The van der Waals surface area contributed by atoms with Gasteiger partial charge in [0.15, 0.2) is 6.10 Å². The quantitative estimate of drug-likeness (QED) is 0.308. The number of hydrogen-bond donors (Lipinski definition) is 3. The second kappa shape index (κ2) is 6.83. The Kier molecular flexibility index (Phi) is 5.38. The molecule has 0 aliphatic heterocycles. The van der Waals surface area contributed by atoms with Gasteiger partial charge in [-0.1, -0.05) is 0 Å². The van der Waals surface area contributed by atoms with Crippen LogP contribution in [0.2, 0.25) is 0 Å². The van der Waals surface area contributed by atoms with Crippen LogP contribution in [0.3, 0.4) is 0 Å². The molecule has 1 rings (SSSR count). The van der Waals surface area contributed by atoms with Crippen molar-refractivity contribution >= 4 is 11.4 Å². The zero-order chi connectivity index (χ0) is 17.0. The Morgan fingerprint density at radius 3 is 2.23 bits per heavy atom. The summed E-state index contributed by atoms with van der Waals surface area (Å²) in [6.07, 6.45) is -3.81. The van der Waals surface area contributed by atoms with Crippen molar-refractivity contribution in [3.05, 3.63) is 49.8 Å². The molecule has 0 bridgehead atoms. The summed E-state index contributed by atoms with van der Waals surface area (Å²) in [6, 6.07) is 2.53. The van der Waals surface area contributed by atoms with Gasteiger partial charge < -0.3 is 20.1 Å². The van der Waals surface area contributed by atoms with Gasteiger partial charge >= 0.3 is 5.69 Å². The first-order valence-corrected chi connectivity index (χ1v) is 5.97. The monoisotopic (exact) mass is 314 g/mol. The van der Waals surface area contributed by atoms with Crippen LogP contribution in [0, 0.1) is 20.2 Å². The Bertz CT molecular complexity index is 624. The van der Waals surface area contributed by atoms with E-state index in [0.29, 0.717) is 11.6 Å². The largest absolute Gasteiger partial charge is 0.509 e. The lowest BCUT2D eigenvalue weighted by molar-refractivity contribution is -0.395. The van der Waals surface area contributed by atoms with Gasteiger partial charge in [-0.25, -0.2) is 0 Å². The van der Waals surface area contributed by atoms with E-state index in [1.165, 1.54) is 13.8 Å². The average molecular weight is 314 g/mol. The van der Waals surface area contributed by atoms with Gasteiger partial charge in [-0.15, -0.1) is 0 Å². The van der Waals surface area contributed by atoms with Gasteiger partial charge in [-0.3, -0.25) is 20.2 Å². The number of nitrogens with zero attached hydrogens (tertiary/aromatic N) is 2. The summed E-state index contributed by atoms with van der Waals surface area (Å²) in [4.78, 5) is 19.7. The molecule has 10 heteroatoms. The molecular formula is C12H14N2O8. The molecule has 2 unspecified atom stereocenters. The fourth-order valence-corrected chi connectivity index (χ4v) is 1.49. The predicted octanol–water partition coefficient (Wildman–Crippen LogP) is 1.41. The zero-order valence-corrected chi connectivity index (χ0v) is 11.7. The maximum absolute atomic E-state index is 10.9. The first-order chi connectivity index (χ1) is 10.1. The van der Waals surface area contributed by atoms with Crippen LogP contribution < -0.4 is 4.74 Å². The minimum absolute atomic E-state index is 0.313. The minimum atomic E-state index is -1.99. The lowest BCUT2D eigenvalue weighted by Gasteiger charge is -2.19. The summed E-state index contributed by atoms with van der Waals surface area (Å²) in [5.41, 5.74) is -0.966. The first kappa shape index (κ1) is 17.3. The number of nitro groups is 2. The number of aliphatic hydroxyl groups is 3. The van der Waals surface area contributed by atoms with Crippen molar-refractivity contribution in [2.75, 3.05) is 0 Å². The Hall–Kier alpha value is -2.72. The second-order valence-electron chi connectivity index (χ2n) is 4.50. The number of rotatable bonds is 6. The van der Waals surface area contributed by atoms with E-state index in [-0.39, 0.29) is 0 Å². The molecular weight excluding hydrogens is 300 g/mol. The van der Waals surface area contributed by atoms with E-state index in [1.54, 1.807) is 0 Å². The highest BCUT2D eigenvalue weighted by Crippen LogP contribution is 2.32. The number of non-ortho nitro benzene ring substituents is 1. The number of aliphatic hydroxyl groups excluding tert-OH is 3. The second-order valence-corrected chi connectivity index (χ2v) is 4.50. The van der Waals surface area contributed by atoms with Gasteiger partial charge in [0.25, 0.3) is 5.69 Å². The molecule has 0 aliphatic carbocycles. The van der Waals surface area contributed by atoms with E-state index in [4.69, 9.17) is 4.74 Å². The van der Waals surface area contributed by atoms with Gasteiger partial charge in [0.05, 0.1) is 15.9 Å². The summed E-state index contributed by atoms with van der Waals surface area (Å²) in [5.74, 6) is -1.03. The van der Waals surface area contributed by atoms with Crippen LogP contribution in [0.15, 0.2) is 29.5 Å². The molecule has 0 radical (unpaired) electrons. The number of nitro benzene ring substituents is 2. The Morgan fingerprint density at radius 1 is 1.18 bits per heavy atom. The number of hydrogen-bond acceptors (Lipinski definition) is 8. The molecule has 0 aliphatic rings. The summed E-state index contributed by atoms with van der Waals surface area (Å²) in [6.45, 7) is 2.94. The molecule has 1 aromatic rings. The topological polar surface area (TPSA) is 156 Å². The van der Waals surface area contributed by atoms with E-state index >= 15 is 0 Å². The van der Waals surface area contributed by atoms with E-state index in [0.717, 1.165) is 12.1 Å². The first-order valence-electron chi connectivity index (χ1n) is 5.97. The van der Waals surface area contributed by atoms with E-state index in [2.05, 4.69) is 0 Å². The van der Waals surface area contributed by atoms with Crippen molar-refractivity contribution in [3.8, 4) is 5.75 Å². The fraction of sp³-hybridized carbons (Fsp3) is 0.333. The summed E-state index contributed by atoms with van der Waals surface area (Å²) < 4.78 is 4.82.